The van der Waals surface area contributed by atoms with Crippen molar-refractivity contribution in [1.29, 1.82) is 0 Å². The van der Waals surface area contributed by atoms with Gasteiger partial charge in [-0.15, -0.1) is 0 Å². The number of benzene rings is 1. The Kier molecular flexibility index (Phi) is 5.37. The maximum Gasteiger partial charge on any atom is 0.0210 e. The molecular weight excluding hydrogens is 184 g/mol. The summed E-state index contributed by atoms with van der Waals surface area (Å²) in [6.45, 7) is 6.08. The van der Waals surface area contributed by atoms with Crippen molar-refractivity contribution in [3.8, 4) is 0 Å². The van der Waals surface area contributed by atoms with Gasteiger partial charge in [0.2, 0.25) is 0 Å². The van der Waals surface area contributed by atoms with Gasteiger partial charge in [0.05, 0.1) is 0 Å². The maximum absolute atomic E-state index is 5.51. The molecule has 15 heavy (non-hydrogen) atoms. The molecule has 1 unspecified atom stereocenters. The van der Waals surface area contributed by atoms with Gasteiger partial charge in [0.1, 0.15) is 0 Å². The summed E-state index contributed by atoms with van der Waals surface area (Å²) >= 11 is 0. The van der Waals surface area contributed by atoms with E-state index in [1.807, 2.05) is 0 Å². The van der Waals surface area contributed by atoms with E-state index in [1.165, 1.54) is 11.1 Å². The molecule has 0 heterocycles. The minimum Gasteiger partial charge on any atom is -0.330 e. The molecule has 1 aromatic carbocycles. The van der Waals surface area contributed by atoms with Crippen LogP contribution in [0.5, 0.6) is 0 Å². The van der Waals surface area contributed by atoms with Crippen molar-refractivity contribution < 1.29 is 0 Å². The van der Waals surface area contributed by atoms with Crippen LogP contribution in [0.2, 0.25) is 0 Å². The van der Waals surface area contributed by atoms with E-state index in [0.29, 0.717) is 6.04 Å². The van der Waals surface area contributed by atoms with Crippen LogP contribution in [0.25, 0.3) is 0 Å². The van der Waals surface area contributed by atoms with Crippen LogP contribution < -0.4 is 11.1 Å². The quantitative estimate of drug-likeness (QED) is 0.748. The van der Waals surface area contributed by atoms with Gasteiger partial charge in [-0.3, -0.25) is 0 Å². The van der Waals surface area contributed by atoms with Crippen LogP contribution in [-0.4, -0.2) is 12.6 Å². The molecule has 0 saturated heterocycles. The molecule has 0 spiro atoms. The van der Waals surface area contributed by atoms with Gasteiger partial charge in [-0.1, -0.05) is 31.2 Å². The van der Waals surface area contributed by atoms with E-state index in [1.54, 1.807) is 0 Å². The highest BCUT2D eigenvalue weighted by molar-refractivity contribution is 5.26. The Balaban J connectivity index is 2.49. The maximum atomic E-state index is 5.51. The van der Waals surface area contributed by atoms with E-state index in [9.17, 15) is 0 Å². The van der Waals surface area contributed by atoms with Crippen molar-refractivity contribution >= 4 is 0 Å². The van der Waals surface area contributed by atoms with E-state index in [2.05, 4.69) is 43.4 Å². The molecule has 0 aromatic heterocycles. The minimum absolute atomic E-state index is 0.500. The van der Waals surface area contributed by atoms with E-state index in [4.69, 9.17) is 5.73 Å². The van der Waals surface area contributed by atoms with Gasteiger partial charge in [-0.2, -0.15) is 0 Å². The number of hydrogen-bond acceptors (Lipinski definition) is 2. The standard InChI is InChI=1S/C13H22N2/c1-3-12-6-4-5-7-13(12)10-15-11(2)8-9-14/h4-7,11,15H,3,8-10,14H2,1-2H3. The van der Waals surface area contributed by atoms with Gasteiger partial charge in [0.15, 0.2) is 0 Å². The lowest BCUT2D eigenvalue weighted by Crippen LogP contribution is -2.28. The van der Waals surface area contributed by atoms with Crippen molar-refractivity contribution in [3.63, 3.8) is 0 Å². The zero-order valence-corrected chi connectivity index (χ0v) is 9.79. The fraction of sp³-hybridized carbons (Fsp3) is 0.538. The highest BCUT2D eigenvalue weighted by atomic mass is 14.9. The summed E-state index contributed by atoms with van der Waals surface area (Å²) in [5.74, 6) is 0. The molecule has 0 aliphatic carbocycles. The Morgan fingerprint density at radius 1 is 1.27 bits per heavy atom. The third-order valence-corrected chi connectivity index (χ3v) is 2.74. The SMILES string of the molecule is CCc1ccccc1CNC(C)CCN. The second-order valence-electron chi connectivity index (χ2n) is 3.98. The Hall–Kier alpha value is -0.860. The van der Waals surface area contributed by atoms with Crippen LogP contribution in [0.1, 0.15) is 31.4 Å². The van der Waals surface area contributed by atoms with E-state index in [0.717, 1.165) is 25.9 Å². The van der Waals surface area contributed by atoms with Crippen LogP contribution in [0.3, 0.4) is 0 Å². The number of hydrogen-bond donors (Lipinski definition) is 2. The lowest BCUT2D eigenvalue weighted by atomic mass is 10.1. The molecule has 1 rings (SSSR count). The van der Waals surface area contributed by atoms with Crippen molar-refractivity contribution in [2.24, 2.45) is 5.73 Å². The first-order valence-electron chi connectivity index (χ1n) is 5.78. The Labute approximate surface area is 92.9 Å². The van der Waals surface area contributed by atoms with Crippen LogP contribution in [0.4, 0.5) is 0 Å². The summed E-state index contributed by atoms with van der Waals surface area (Å²) in [6, 6.07) is 9.10. The third kappa shape index (κ3) is 4.02. The normalized spacial score (nSPS) is 12.7. The van der Waals surface area contributed by atoms with E-state index >= 15 is 0 Å². The zero-order valence-electron chi connectivity index (χ0n) is 9.79. The highest BCUT2D eigenvalue weighted by Gasteiger charge is 2.02. The van der Waals surface area contributed by atoms with Gasteiger partial charge < -0.3 is 11.1 Å². The molecule has 0 amide bonds. The van der Waals surface area contributed by atoms with Crippen molar-refractivity contribution in [2.75, 3.05) is 6.54 Å². The number of rotatable bonds is 6. The van der Waals surface area contributed by atoms with Crippen LogP contribution in [0, 0.1) is 0 Å². The van der Waals surface area contributed by atoms with Gasteiger partial charge in [-0.05, 0) is 37.4 Å². The largest absolute Gasteiger partial charge is 0.330 e. The van der Waals surface area contributed by atoms with Gasteiger partial charge in [-0.25, -0.2) is 0 Å². The molecule has 0 radical (unpaired) electrons. The molecule has 0 saturated carbocycles. The molecule has 0 fully saturated rings. The molecule has 0 aliphatic heterocycles. The average Bonchev–Trinajstić information content (AvgIpc) is 2.27. The first-order valence-corrected chi connectivity index (χ1v) is 5.78. The molecular formula is C13H22N2. The molecule has 2 heteroatoms. The summed E-state index contributed by atoms with van der Waals surface area (Å²) in [5.41, 5.74) is 8.36. The minimum atomic E-state index is 0.500. The molecule has 84 valence electrons. The van der Waals surface area contributed by atoms with E-state index in [-0.39, 0.29) is 0 Å². The first-order chi connectivity index (χ1) is 7.27. The molecule has 2 nitrogen and oxygen atoms in total. The van der Waals surface area contributed by atoms with Crippen LogP contribution in [-0.2, 0) is 13.0 Å². The number of aryl methyl sites for hydroxylation is 1. The fourth-order valence-electron chi connectivity index (χ4n) is 1.71. The number of nitrogens with one attached hydrogen (secondary N) is 1. The van der Waals surface area contributed by atoms with Crippen molar-refractivity contribution in [1.82, 2.24) is 5.32 Å². The lowest BCUT2D eigenvalue weighted by Gasteiger charge is -2.14. The lowest BCUT2D eigenvalue weighted by molar-refractivity contribution is 0.518. The Morgan fingerprint density at radius 3 is 2.53 bits per heavy atom. The summed E-state index contributed by atoms with van der Waals surface area (Å²) in [6.07, 6.45) is 2.14. The first kappa shape index (κ1) is 12.2. The predicted octanol–water partition coefficient (Wildman–Crippen LogP) is 2.08. The third-order valence-electron chi connectivity index (χ3n) is 2.74. The fourth-order valence-corrected chi connectivity index (χ4v) is 1.71. The summed E-state index contributed by atoms with van der Waals surface area (Å²) in [7, 11) is 0. The molecule has 1 aromatic rings. The molecule has 0 aliphatic rings. The predicted molar refractivity (Wildman–Crippen MR) is 65.8 cm³/mol. The second-order valence-corrected chi connectivity index (χ2v) is 3.98. The molecule has 3 N–H and O–H groups in total. The molecule has 0 bridgehead atoms. The van der Waals surface area contributed by atoms with Gasteiger partial charge in [0.25, 0.3) is 0 Å². The van der Waals surface area contributed by atoms with E-state index < -0.39 is 0 Å². The summed E-state index contributed by atoms with van der Waals surface area (Å²) < 4.78 is 0. The Morgan fingerprint density at radius 2 is 1.93 bits per heavy atom. The summed E-state index contributed by atoms with van der Waals surface area (Å²) in [4.78, 5) is 0. The van der Waals surface area contributed by atoms with Crippen LogP contribution >= 0.6 is 0 Å². The average molecular weight is 206 g/mol. The Bertz CT molecular complexity index is 284. The summed E-state index contributed by atoms with van der Waals surface area (Å²) in [5, 5.41) is 3.49. The monoisotopic (exact) mass is 206 g/mol. The second kappa shape index (κ2) is 6.59. The smallest absolute Gasteiger partial charge is 0.0210 e. The van der Waals surface area contributed by atoms with Crippen LogP contribution in [0.15, 0.2) is 24.3 Å². The van der Waals surface area contributed by atoms with Crippen molar-refractivity contribution in [3.05, 3.63) is 35.4 Å². The van der Waals surface area contributed by atoms with Gasteiger partial charge >= 0.3 is 0 Å². The topological polar surface area (TPSA) is 38.0 Å². The zero-order chi connectivity index (χ0) is 11.1. The highest BCUT2D eigenvalue weighted by Crippen LogP contribution is 2.09. The van der Waals surface area contributed by atoms with Crippen molar-refractivity contribution in [2.45, 2.75) is 39.3 Å². The number of nitrogens with two attached hydrogens (primary N) is 1. The molecule has 1 atom stereocenters. The van der Waals surface area contributed by atoms with Gasteiger partial charge in [0, 0.05) is 12.6 Å².